The lowest BCUT2D eigenvalue weighted by Gasteiger charge is -2.23. The van der Waals surface area contributed by atoms with Gasteiger partial charge in [0.2, 0.25) is 11.8 Å². The van der Waals surface area contributed by atoms with Gasteiger partial charge in [-0.1, -0.05) is 54.6 Å². The summed E-state index contributed by atoms with van der Waals surface area (Å²) in [4.78, 5) is 28.1. The number of halogens is 2. The lowest BCUT2D eigenvalue weighted by molar-refractivity contribution is -0.122. The smallest absolute Gasteiger partial charge is 0.240 e. The molecule has 4 aromatic rings. The Morgan fingerprint density at radius 1 is 1.07 bits per heavy atom. The molecular formula is C30H28F2N4O3S. The number of thioether (sulfide) groups is 1. The molecule has 0 aliphatic carbocycles. The van der Waals surface area contributed by atoms with Crippen LogP contribution in [-0.4, -0.2) is 54.2 Å². The number of fused-ring (bicyclic) bond motifs is 1. The zero-order valence-corrected chi connectivity index (χ0v) is 22.7. The molecule has 0 fully saturated rings. The molecule has 0 saturated heterocycles. The minimum absolute atomic E-state index is 0.0177. The molecule has 5 rings (SSSR count). The van der Waals surface area contributed by atoms with Gasteiger partial charge in [-0.15, -0.1) is 11.8 Å². The molecule has 0 radical (unpaired) electrons. The number of rotatable bonds is 9. The van der Waals surface area contributed by atoms with Crippen LogP contribution in [0.5, 0.6) is 0 Å². The molecule has 1 aliphatic heterocycles. The van der Waals surface area contributed by atoms with Crippen LogP contribution in [0.2, 0.25) is 0 Å². The number of nitrogens with zero attached hydrogens (tertiary/aromatic N) is 3. The maximum absolute atomic E-state index is 15.3. The first-order valence-electron chi connectivity index (χ1n) is 12.8. The Morgan fingerprint density at radius 2 is 1.80 bits per heavy atom. The number of para-hydroxylation sites is 1. The van der Waals surface area contributed by atoms with Crippen molar-refractivity contribution in [1.29, 1.82) is 0 Å². The van der Waals surface area contributed by atoms with Crippen LogP contribution in [0.15, 0.2) is 78.9 Å². The van der Waals surface area contributed by atoms with Crippen molar-refractivity contribution in [2.45, 2.75) is 11.7 Å². The molecule has 10 heteroatoms. The fraction of sp³-hybridized carbons (Fsp3) is 0.233. The Bertz CT molecular complexity index is 1500. The van der Waals surface area contributed by atoms with Crippen molar-refractivity contribution in [2.75, 3.05) is 37.5 Å². The molecule has 40 heavy (non-hydrogen) atoms. The van der Waals surface area contributed by atoms with Gasteiger partial charge in [0, 0.05) is 43.0 Å². The largest absolute Gasteiger partial charge is 0.385 e. The number of carbonyl (C=O) groups excluding carboxylic acids is 2. The van der Waals surface area contributed by atoms with E-state index in [-0.39, 0.29) is 29.7 Å². The van der Waals surface area contributed by atoms with Gasteiger partial charge in [-0.3, -0.25) is 14.5 Å². The highest BCUT2D eigenvalue weighted by Crippen LogP contribution is 2.49. The molecule has 0 saturated carbocycles. The first kappa shape index (κ1) is 27.5. The van der Waals surface area contributed by atoms with E-state index >= 15 is 4.39 Å². The van der Waals surface area contributed by atoms with Crippen molar-refractivity contribution in [3.63, 3.8) is 0 Å². The third kappa shape index (κ3) is 5.78. The Morgan fingerprint density at radius 3 is 2.50 bits per heavy atom. The van der Waals surface area contributed by atoms with E-state index in [2.05, 4.69) is 5.32 Å². The van der Waals surface area contributed by atoms with Crippen LogP contribution in [0.25, 0.3) is 16.9 Å². The number of nitrogens with one attached hydrogen (secondary N) is 1. The lowest BCUT2D eigenvalue weighted by atomic mass is 9.99. The summed E-state index contributed by atoms with van der Waals surface area (Å²) in [6.45, 7) is 0.646. The number of anilines is 1. The molecule has 2 heterocycles. The number of ether oxygens (including phenoxy) is 1. The van der Waals surface area contributed by atoms with E-state index < -0.39 is 16.9 Å². The van der Waals surface area contributed by atoms with E-state index in [1.165, 1.54) is 28.8 Å². The second-order valence-electron chi connectivity index (χ2n) is 9.23. The topological polar surface area (TPSA) is 76.5 Å². The fourth-order valence-electron chi connectivity index (χ4n) is 4.68. The van der Waals surface area contributed by atoms with Crippen LogP contribution in [0, 0.1) is 11.6 Å². The number of carbonyl (C=O) groups is 2. The zero-order valence-electron chi connectivity index (χ0n) is 21.8. The predicted molar refractivity (Wildman–Crippen MR) is 152 cm³/mol. The van der Waals surface area contributed by atoms with E-state index in [4.69, 9.17) is 9.84 Å². The Hall–Kier alpha value is -4.02. The summed E-state index contributed by atoms with van der Waals surface area (Å²) in [5, 5.41) is 7.09. The molecule has 1 atom stereocenters. The number of methoxy groups -OCH3 is 1. The van der Waals surface area contributed by atoms with Crippen molar-refractivity contribution in [3.05, 3.63) is 102 Å². The van der Waals surface area contributed by atoms with Crippen LogP contribution in [0.1, 0.15) is 22.8 Å². The highest BCUT2D eigenvalue weighted by atomic mass is 32.2. The molecule has 3 aromatic carbocycles. The van der Waals surface area contributed by atoms with Gasteiger partial charge in [-0.2, -0.15) is 5.10 Å². The number of hydrogen-bond acceptors (Lipinski definition) is 5. The van der Waals surface area contributed by atoms with Crippen molar-refractivity contribution < 1.29 is 23.1 Å². The Kier molecular flexibility index (Phi) is 8.57. The third-order valence-electron chi connectivity index (χ3n) is 6.53. The molecule has 7 nitrogen and oxygen atoms in total. The van der Waals surface area contributed by atoms with Crippen molar-refractivity contribution in [1.82, 2.24) is 15.1 Å². The highest BCUT2D eigenvalue weighted by molar-refractivity contribution is 8.00. The second-order valence-corrected chi connectivity index (χ2v) is 10.3. The Labute approximate surface area is 235 Å². The summed E-state index contributed by atoms with van der Waals surface area (Å²) in [6, 6.07) is 22.1. The van der Waals surface area contributed by atoms with Gasteiger partial charge in [0.15, 0.2) is 0 Å². The van der Waals surface area contributed by atoms with E-state index in [1.54, 1.807) is 11.8 Å². The van der Waals surface area contributed by atoms with Gasteiger partial charge in [-0.25, -0.2) is 13.5 Å². The van der Waals surface area contributed by atoms with Crippen LogP contribution < -0.4 is 10.2 Å². The van der Waals surface area contributed by atoms with Gasteiger partial charge < -0.3 is 10.1 Å². The summed E-state index contributed by atoms with van der Waals surface area (Å²) in [6.07, 6.45) is 0.628. The fourth-order valence-corrected chi connectivity index (χ4v) is 5.90. The van der Waals surface area contributed by atoms with E-state index in [0.29, 0.717) is 42.3 Å². The van der Waals surface area contributed by atoms with Crippen LogP contribution in [0.3, 0.4) is 0 Å². The molecule has 0 spiro atoms. The number of amides is 2. The summed E-state index contributed by atoms with van der Waals surface area (Å²) in [5.74, 6) is -1.71. The van der Waals surface area contributed by atoms with E-state index in [9.17, 15) is 14.0 Å². The summed E-state index contributed by atoms with van der Waals surface area (Å²) in [5.41, 5.74) is 2.78. The molecule has 1 aromatic heterocycles. The third-order valence-corrected chi connectivity index (χ3v) is 7.77. The van der Waals surface area contributed by atoms with Gasteiger partial charge in [0.05, 0.1) is 22.4 Å². The SMILES string of the molecule is COCCCNC(=O)CN1C(=O)CS[C@@H](c2ccc(F)cc2F)c2c(-c3ccccc3)nn(-c3ccccc3)c21. The van der Waals surface area contributed by atoms with Gasteiger partial charge in [0.25, 0.3) is 0 Å². The first-order chi connectivity index (χ1) is 19.5. The quantitative estimate of drug-likeness (QED) is 0.286. The molecule has 0 bridgehead atoms. The van der Waals surface area contributed by atoms with Gasteiger partial charge >= 0.3 is 0 Å². The highest BCUT2D eigenvalue weighted by Gasteiger charge is 2.38. The maximum atomic E-state index is 15.3. The predicted octanol–water partition coefficient (Wildman–Crippen LogP) is 5.14. The molecule has 1 aliphatic rings. The van der Waals surface area contributed by atoms with Gasteiger partial charge in [-0.05, 0) is 24.6 Å². The van der Waals surface area contributed by atoms with E-state index in [1.807, 2.05) is 60.7 Å². The number of benzene rings is 3. The van der Waals surface area contributed by atoms with Crippen LogP contribution in [-0.2, 0) is 14.3 Å². The molecule has 1 N–H and O–H groups in total. The van der Waals surface area contributed by atoms with Gasteiger partial charge in [0.1, 0.15) is 24.0 Å². The second kappa shape index (κ2) is 12.4. The maximum Gasteiger partial charge on any atom is 0.240 e. The van der Waals surface area contributed by atoms with Crippen molar-refractivity contribution >= 4 is 29.4 Å². The summed E-state index contributed by atoms with van der Waals surface area (Å²) >= 11 is 1.23. The molecular weight excluding hydrogens is 534 g/mol. The monoisotopic (exact) mass is 562 g/mol. The van der Waals surface area contributed by atoms with Crippen molar-refractivity contribution in [3.8, 4) is 16.9 Å². The standard InChI is InChI=1S/C30H28F2N4O3S/c1-39-16-8-15-33-25(37)18-35-26(38)19-40-29(23-14-13-21(31)17-24(23)32)27-28(20-9-4-2-5-10-20)34-36(30(27)35)22-11-6-3-7-12-22/h2-7,9-14,17,29H,8,15-16,18-19H2,1H3,(H,33,37)/t29-/m0/s1. The molecule has 206 valence electrons. The minimum Gasteiger partial charge on any atom is -0.385 e. The number of hydrogen-bond donors (Lipinski definition) is 1. The van der Waals surface area contributed by atoms with Crippen LogP contribution >= 0.6 is 11.8 Å². The van der Waals surface area contributed by atoms with Crippen LogP contribution in [0.4, 0.5) is 14.6 Å². The average molecular weight is 563 g/mol. The summed E-state index contributed by atoms with van der Waals surface area (Å²) < 4.78 is 35.9. The zero-order chi connectivity index (χ0) is 28.1. The number of aromatic nitrogens is 2. The normalized spacial score (nSPS) is 15.0. The Balaban J connectivity index is 1.71. The molecule has 0 unspecified atom stereocenters. The first-order valence-corrected chi connectivity index (χ1v) is 13.9. The van der Waals surface area contributed by atoms with E-state index in [0.717, 1.165) is 11.6 Å². The lowest BCUT2D eigenvalue weighted by Crippen LogP contribution is -2.42. The summed E-state index contributed by atoms with van der Waals surface area (Å²) in [7, 11) is 1.59. The average Bonchev–Trinajstić information content (AvgIpc) is 3.30. The minimum atomic E-state index is -0.716. The molecule has 2 amide bonds. The van der Waals surface area contributed by atoms with Crippen molar-refractivity contribution in [2.24, 2.45) is 0 Å².